The highest BCUT2D eigenvalue weighted by Gasteiger charge is 2.39. The molecule has 0 aromatic carbocycles. The minimum atomic E-state index is 0.786. The summed E-state index contributed by atoms with van der Waals surface area (Å²) in [5.41, 5.74) is 0. The van der Waals surface area contributed by atoms with Crippen molar-refractivity contribution in [3.8, 4) is 0 Å². The van der Waals surface area contributed by atoms with Gasteiger partial charge < -0.3 is 10.2 Å². The largest absolute Gasteiger partial charge is 0.313 e. The molecule has 1 aliphatic carbocycles. The topological polar surface area (TPSA) is 18.5 Å². The van der Waals surface area contributed by atoms with Crippen LogP contribution < -0.4 is 5.32 Å². The van der Waals surface area contributed by atoms with Crippen molar-refractivity contribution in [2.45, 2.75) is 50.6 Å². The molecule has 108 valence electrons. The lowest BCUT2D eigenvalue weighted by molar-refractivity contribution is 0.0000655. The van der Waals surface area contributed by atoms with Crippen molar-refractivity contribution in [1.29, 1.82) is 0 Å². The van der Waals surface area contributed by atoms with Gasteiger partial charge in [-0.25, -0.2) is 0 Å². The average molecular weight is 263 g/mol. The van der Waals surface area contributed by atoms with Gasteiger partial charge in [0.05, 0.1) is 0 Å². The van der Waals surface area contributed by atoms with Crippen LogP contribution >= 0.6 is 0 Å². The summed E-state index contributed by atoms with van der Waals surface area (Å²) in [6.45, 7) is 8.09. The molecule has 2 bridgehead atoms. The van der Waals surface area contributed by atoms with E-state index < -0.39 is 0 Å². The third kappa shape index (κ3) is 2.84. The second kappa shape index (κ2) is 5.34. The number of nitrogens with zero attached hydrogens (tertiary/aromatic N) is 2. The minimum Gasteiger partial charge on any atom is -0.313 e. The first-order valence-corrected chi connectivity index (χ1v) is 8.58. The molecule has 5 fully saturated rings. The number of nitrogens with one attached hydrogen (secondary N) is 1. The minimum absolute atomic E-state index is 0.786. The van der Waals surface area contributed by atoms with Crippen LogP contribution in [0.2, 0.25) is 0 Å². The molecular weight excluding hydrogens is 234 g/mol. The summed E-state index contributed by atoms with van der Waals surface area (Å²) in [6, 6.07) is 1.67. The average Bonchev–Trinajstić information content (AvgIpc) is 3.13. The van der Waals surface area contributed by atoms with Crippen molar-refractivity contribution >= 4 is 0 Å². The summed E-state index contributed by atoms with van der Waals surface area (Å²) >= 11 is 0. The van der Waals surface area contributed by atoms with Gasteiger partial charge in [-0.05, 0) is 70.0 Å². The van der Waals surface area contributed by atoms with Crippen molar-refractivity contribution < 1.29 is 0 Å². The van der Waals surface area contributed by atoms with E-state index in [1.807, 2.05) is 0 Å². The maximum Gasteiger partial charge on any atom is 0.0253 e. The first-order valence-electron chi connectivity index (χ1n) is 8.58. The van der Waals surface area contributed by atoms with Gasteiger partial charge in [0.15, 0.2) is 0 Å². The SMILES string of the molecule is C1CNC(CN(CC2CC2)C2CN3CCC2CC3)C1. The van der Waals surface area contributed by atoms with Crippen LogP contribution in [0.5, 0.6) is 0 Å². The zero-order valence-corrected chi connectivity index (χ0v) is 12.2. The lowest BCUT2D eigenvalue weighted by Gasteiger charge is -2.49. The van der Waals surface area contributed by atoms with E-state index >= 15 is 0 Å². The van der Waals surface area contributed by atoms with E-state index in [-0.39, 0.29) is 0 Å². The first-order chi connectivity index (χ1) is 9.38. The Hall–Kier alpha value is -0.120. The molecule has 0 aromatic rings. The Morgan fingerprint density at radius 1 is 1.00 bits per heavy atom. The molecule has 4 aliphatic heterocycles. The molecule has 3 heteroatoms. The number of hydrogen-bond acceptors (Lipinski definition) is 3. The molecule has 5 rings (SSSR count). The Kier molecular flexibility index (Phi) is 3.55. The van der Waals surface area contributed by atoms with Gasteiger partial charge in [-0.3, -0.25) is 4.90 Å². The smallest absolute Gasteiger partial charge is 0.0253 e. The molecule has 2 atom stereocenters. The van der Waals surface area contributed by atoms with E-state index in [1.165, 1.54) is 77.8 Å². The fourth-order valence-corrected chi connectivity index (χ4v) is 4.52. The Morgan fingerprint density at radius 2 is 1.84 bits per heavy atom. The maximum absolute atomic E-state index is 3.71. The summed E-state index contributed by atoms with van der Waals surface area (Å²) < 4.78 is 0. The van der Waals surface area contributed by atoms with E-state index in [2.05, 4.69) is 15.1 Å². The lowest BCUT2D eigenvalue weighted by Crippen LogP contribution is -2.59. The molecule has 19 heavy (non-hydrogen) atoms. The Labute approximate surface area is 117 Å². The van der Waals surface area contributed by atoms with Crippen molar-refractivity contribution in [2.75, 3.05) is 39.3 Å². The molecule has 5 aliphatic rings. The van der Waals surface area contributed by atoms with E-state index in [1.54, 1.807) is 0 Å². The zero-order valence-electron chi connectivity index (χ0n) is 12.2. The summed E-state index contributed by atoms with van der Waals surface area (Å²) in [5, 5.41) is 3.71. The number of piperidine rings is 3. The van der Waals surface area contributed by atoms with Crippen LogP contribution in [0.15, 0.2) is 0 Å². The van der Waals surface area contributed by atoms with Gasteiger partial charge in [0.1, 0.15) is 0 Å². The number of hydrogen-bond donors (Lipinski definition) is 1. The zero-order chi connectivity index (χ0) is 12.7. The standard InChI is InChI=1S/C16H29N3/c1-2-15(17-7-1)11-19(10-13-3-4-13)16-12-18-8-5-14(16)6-9-18/h13-17H,1-12H2. The van der Waals surface area contributed by atoms with Crippen LogP contribution in [-0.2, 0) is 0 Å². The maximum atomic E-state index is 3.71. The molecule has 0 amide bonds. The first kappa shape index (κ1) is 12.6. The second-order valence-electron chi connectivity index (χ2n) is 7.40. The van der Waals surface area contributed by atoms with Gasteiger partial charge in [0.2, 0.25) is 0 Å². The molecular formula is C16H29N3. The van der Waals surface area contributed by atoms with Crippen molar-refractivity contribution in [3.63, 3.8) is 0 Å². The van der Waals surface area contributed by atoms with Crippen molar-refractivity contribution in [2.24, 2.45) is 11.8 Å². The van der Waals surface area contributed by atoms with Crippen LogP contribution in [-0.4, -0.2) is 61.2 Å². The van der Waals surface area contributed by atoms with E-state index in [4.69, 9.17) is 0 Å². The predicted octanol–water partition coefficient (Wildman–Crippen LogP) is 1.54. The quantitative estimate of drug-likeness (QED) is 0.812. The Balaban J connectivity index is 1.42. The molecule has 2 unspecified atom stereocenters. The number of rotatable bonds is 5. The molecule has 0 spiro atoms. The van der Waals surface area contributed by atoms with E-state index in [9.17, 15) is 0 Å². The van der Waals surface area contributed by atoms with Crippen LogP contribution in [0.3, 0.4) is 0 Å². The van der Waals surface area contributed by atoms with E-state index in [0.29, 0.717) is 0 Å². The Morgan fingerprint density at radius 3 is 2.42 bits per heavy atom. The molecule has 1 saturated carbocycles. The highest BCUT2D eigenvalue weighted by atomic mass is 15.3. The van der Waals surface area contributed by atoms with Gasteiger partial charge in [0.25, 0.3) is 0 Å². The predicted molar refractivity (Wildman–Crippen MR) is 78.3 cm³/mol. The van der Waals surface area contributed by atoms with Gasteiger partial charge in [-0.15, -0.1) is 0 Å². The highest BCUT2D eigenvalue weighted by Crippen LogP contribution is 2.35. The van der Waals surface area contributed by atoms with Gasteiger partial charge in [-0.1, -0.05) is 0 Å². The van der Waals surface area contributed by atoms with E-state index in [0.717, 1.165) is 23.9 Å². The fraction of sp³-hybridized carbons (Fsp3) is 1.00. The second-order valence-corrected chi connectivity index (χ2v) is 7.40. The third-order valence-corrected chi connectivity index (χ3v) is 5.90. The van der Waals surface area contributed by atoms with Crippen molar-refractivity contribution in [1.82, 2.24) is 15.1 Å². The molecule has 0 radical (unpaired) electrons. The van der Waals surface area contributed by atoms with Crippen LogP contribution in [0.25, 0.3) is 0 Å². The summed E-state index contributed by atoms with van der Waals surface area (Å²) in [7, 11) is 0. The summed E-state index contributed by atoms with van der Waals surface area (Å²) in [5.74, 6) is 2.04. The Bertz CT molecular complexity index is 301. The van der Waals surface area contributed by atoms with Gasteiger partial charge >= 0.3 is 0 Å². The molecule has 3 nitrogen and oxygen atoms in total. The van der Waals surface area contributed by atoms with Gasteiger partial charge in [0, 0.05) is 31.7 Å². The molecule has 0 aromatic heterocycles. The highest BCUT2D eigenvalue weighted by molar-refractivity contribution is 4.95. The summed E-state index contributed by atoms with van der Waals surface area (Å²) in [4.78, 5) is 5.61. The molecule has 4 saturated heterocycles. The van der Waals surface area contributed by atoms with Crippen LogP contribution in [0, 0.1) is 11.8 Å². The molecule has 1 N–H and O–H groups in total. The lowest BCUT2D eigenvalue weighted by atomic mass is 9.83. The van der Waals surface area contributed by atoms with Crippen molar-refractivity contribution in [3.05, 3.63) is 0 Å². The van der Waals surface area contributed by atoms with Crippen LogP contribution in [0.1, 0.15) is 38.5 Å². The monoisotopic (exact) mass is 263 g/mol. The third-order valence-electron chi connectivity index (χ3n) is 5.90. The van der Waals surface area contributed by atoms with Crippen LogP contribution in [0.4, 0.5) is 0 Å². The summed E-state index contributed by atoms with van der Waals surface area (Å²) in [6.07, 6.45) is 8.71. The normalized spacial score (nSPS) is 42.2. The van der Waals surface area contributed by atoms with Gasteiger partial charge in [-0.2, -0.15) is 0 Å². The fourth-order valence-electron chi connectivity index (χ4n) is 4.52. The molecule has 4 heterocycles. The number of fused-ring (bicyclic) bond motifs is 3.